The molecule has 0 unspecified atom stereocenters. The van der Waals surface area contributed by atoms with Gasteiger partial charge in [0.15, 0.2) is 0 Å². The Kier molecular flexibility index (Phi) is 3.93. The molecule has 0 aliphatic carbocycles. The summed E-state index contributed by atoms with van der Waals surface area (Å²) in [5, 5.41) is 5.94. The van der Waals surface area contributed by atoms with Gasteiger partial charge in [-0.1, -0.05) is 30.3 Å². The van der Waals surface area contributed by atoms with Crippen molar-refractivity contribution in [1.82, 2.24) is 5.32 Å². The predicted octanol–water partition coefficient (Wildman–Crippen LogP) is 4.29. The second kappa shape index (κ2) is 6.02. The fraction of sp³-hybridized carbons (Fsp3) is 0.222. The summed E-state index contributed by atoms with van der Waals surface area (Å²) in [5.41, 5.74) is 1.18. The lowest BCUT2D eigenvalue weighted by Crippen LogP contribution is -2.18. The maximum absolute atomic E-state index is 5.51. The highest BCUT2D eigenvalue weighted by Crippen LogP contribution is 2.28. The van der Waals surface area contributed by atoms with Gasteiger partial charge < -0.3 is 14.5 Å². The number of furan rings is 1. The first-order chi connectivity index (χ1) is 10.3. The smallest absolute Gasteiger partial charge is 0.123 e. The first-order valence-corrected chi connectivity index (χ1v) is 7.11. The van der Waals surface area contributed by atoms with Crippen LogP contribution in [0.2, 0.25) is 0 Å². The van der Waals surface area contributed by atoms with E-state index in [0.717, 1.165) is 18.1 Å². The summed E-state index contributed by atoms with van der Waals surface area (Å²) in [6, 6.07) is 16.5. The highest BCUT2D eigenvalue weighted by Gasteiger charge is 2.12. The van der Waals surface area contributed by atoms with Crippen molar-refractivity contribution in [2.24, 2.45) is 0 Å². The van der Waals surface area contributed by atoms with E-state index in [4.69, 9.17) is 9.15 Å². The van der Waals surface area contributed by atoms with Crippen LogP contribution in [0, 0.1) is 0 Å². The van der Waals surface area contributed by atoms with Crippen LogP contribution in [0.25, 0.3) is 10.8 Å². The molecule has 0 spiro atoms. The molecule has 0 saturated heterocycles. The topological polar surface area (TPSA) is 34.4 Å². The summed E-state index contributed by atoms with van der Waals surface area (Å²) in [6.45, 7) is 2.82. The number of fused-ring (bicyclic) bond motifs is 1. The number of methoxy groups -OCH3 is 1. The average Bonchev–Trinajstić information content (AvgIpc) is 3.06. The molecule has 1 N–H and O–H groups in total. The van der Waals surface area contributed by atoms with Crippen LogP contribution in [0.15, 0.2) is 59.2 Å². The minimum absolute atomic E-state index is 0.156. The Balaban J connectivity index is 1.88. The number of benzene rings is 2. The molecule has 3 heteroatoms. The molecule has 0 radical (unpaired) electrons. The maximum atomic E-state index is 5.51. The Hall–Kier alpha value is -2.26. The summed E-state index contributed by atoms with van der Waals surface area (Å²) < 4.78 is 10.9. The third-order valence-corrected chi connectivity index (χ3v) is 3.77. The van der Waals surface area contributed by atoms with Gasteiger partial charge in [0.2, 0.25) is 0 Å². The van der Waals surface area contributed by atoms with Crippen molar-refractivity contribution < 1.29 is 9.15 Å². The van der Waals surface area contributed by atoms with Crippen LogP contribution in [0.3, 0.4) is 0 Å². The quantitative estimate of drug-likeness (QED) is 0.757. The Bertz CT molecular complexity index is 719. The van der Waals surface area contributed by atoms with E-state index in [9.17, 15) is 0 Å². The lowest BCUT2D eigenvalue weighted by Gasteiger charge is -2.16. The molecule has 1 aromatic heterocycles. The molecule has 3 aromatic rings. The van der Waals surface area contributed by atoms with Gasteiger partial charge in [-0.15, -0.1) is 0 Å². The SMILES string of the molecule is COc1ccc2ccccc2c1CN[C@H](C)c1ccco1. The summed E-state index contributed by atoms with van der Waals surface area (Å²) in [4.78, 5) is 0. The Labute approximate surface area is 124 Å². The maximum Gasteiger partial charge on any atom is 0.123 e. The third-order valence-electron chi connectivity index (χ3n) is 3.77. The first-order valence-electron chi connectivity index (χ1n) is 7.11. The summed E-state index contributed by atoms with van der Waals surface area (Å²) in [7, 11) is 1.71. The average molecular weight is 281 g/mol. The van der Waals surface area contributed by atoms with Gasteiger partial charge in [-0.3, -0.25) is 0 Å². The van der Waals surface area contributed by atoms with Crippen molar-refractivity contribution in [3.05, 3.63) is 66.1 Å². The van der Waals surface area contributed by atoms with Crippen molar-refractivity contribution in [3.63, 3.8) is 0 Å². The molecular weight excluding hydrogens is 262 g/mol. The molecule has 3 rings (SSSR count). The van der Waals surface area contributed by atoms with E-state index in [1.165, 1.54) is 16.3 Å². The normalized spacial score (nSPS) is 12.5. The van der Waals surface area contributed by atoms with Crippen LogP contribution in [0.5, 0.6) is 5.75 Å². The van der Waals surface area contributed by atoms with Crippen LogP contribution in [0.4, 0.5) is 0 Å². The van der Waals surface area contributed by atoms with Crippen molar-refractivity contribution in [2.45, 2.75) is 19.5 Å². The second-order valence-electron chi connectivity index (χ2n) is 5.09. The Morgan fingerprint density at radius 3 is 2.71 bits per heavy atom. The molecule has 0 aliphatic heterocycles. The number of ether oxygens (including phenoxy) is 1. The van der Waals surface area contributed by atoms with Crippen molar-refractivity contribution in [2.75, 3.05) is 7.11 Å². The van der Waals surface area contributed by atoms with Gasteiger partial charge in [0.05, 0.1) is 19.4 Å². The molecule has 108 valence electrons. The zero-order valence-electron chi connectivity index (χ0n) is 12.3. The van der Waals surface area contributed by atoms with Crippen LogP contribution >= 0.6 is 0 Å². The van der Waals surface area contributed by atoms with Gasteiger partial charge in [0.1, 0.15) is 11.5 Å². The van der Waals surface area contributed by atoms with Crippen LogP contribution in [0.1, 0.15) is 24.3 Å². The van der Waals surface area contributed by atoms with Gasteiger partial charge in [-0.05, 0) is 35.9 Å². The molecule has 0 bridgehead atoms. The van der Waals surface area contributed by atoms with E-state index in [2.05, 4.69) is 42.6 Å². The lowest BCUT2D eigenvalue weighted by molar-refractivity contribution is 0.400. The summed E-state index contributed by atoms with van der Waals surface area (Å²) >= 11 is 0. The van der Waals surface area contributed by atoms with E-state index < -0.39 is 0 Å². The molecule has 21 heavy (non-hydrogen) atoms. The van der Waals surface area contributed by atoms with Crippen molar-refractivity contribution in [1.29, 1.82) is 0 Å². The van der Waals surface area contributed by atoms with Crippen molar-refractivity contribution in [3.8, 4) is 5.75 Å². The predicted molar refractivity (Wildman–Crippen MR) is 84.5 cm³/mol. The van der Waals surface area contributed by atoms with E-state index in [1.54, 1.807) is 13.4 Å². The van der Waals surface area contributed by atoms with E-state index in [1.807, 2.05) is 18.2 Å². The molecule has 3 nitrogen and oxygen atoms in total. The van der Waals surface area contributed by atoms with Gasteiger partial charge in [0.25, 0.3) is 0 Å². The zero-order chi connectivity index (χ0) is 14.7. The lowest BCUT2D eigenvalue weighted by atomic mass is 10.0. The fourth-order valence-electron chi connectivity index (χ4n) is 2.58. The molecular formula is C18H19NO2. The van der Waals surface area contributed by atoms with Crippen molar-refractivity contribution >= 4 is 10.8 Å². The Morgan fingerprint density at radius 1 is 1.10 bits per heavy atom. The minimum Gasteiger partial charge on any atom is -0.496 e. The summed E-state index contributed by atoms with van der Waals surface area (Å²) in [5.74, 6) is 1.85. The van der Waals surface area contributed by atoms with E-state index in [0.29, 0.717) is 0 Å². The number of rotatable bonds is 5. The highest BCUT2D eigenvalue weighted by molar-refractivity contribution is 5.87. The summed E-state index contributed by atoms with van der Waals surface area (Å²) in [6.07, 6.45) is 1.70. The molecule has 0 aliphatic rings. The highest BCUT2D eigenvalue weighted by atomic mass is 16.5. The number of hydrogen-bond donors (Lipinski definition) is 1. The largest absolute Gasteiger partial charge is 0.496 e. The van der Waals surface area contributed by atoms with Gasteiger partial charge in [-0.25, -0.2) is 0 Å². The zero-order valence-corrected chi connectivity index (χ0v) is 12.3. The van der Waals surface area contributed by atoms with E-state index in [-0.39, 0.29) is 6.04 Å². The minimum atomic E-state index is 0.156. The molecule has 0 amide bonds. The van der Waals surface area contributed by atoms with Crippen LogP contribution in [-0.4, -0.2) is 7.11 Å². The Morgan fingerprint density at radius 2 is 1.95 bits per heavy atom. The molecule has 1 heterocycles. The molecule has 1 atom stereocenters. The fourth-order valence-corrected chi connectivity index (χ4v) is 2.58. The third kappa shape index (κ3) is 2.78. The van der Waals surface area contributed by atoms with E-state index >= 15 is 0 Å². The standard InChI is InChI=1S/C18H19NO2/c1-13(17-8-5-11-21-17)19-12-16-15-7-4-3-6-14(15)9-10-18(16)20-2/h3-11,13,19H,12H2,1-2H3/t13-/m1/s1. The van der Waals surface area contributed by atoms with Crippen LogP contribution < -0.4 is 10.1 Å². The van der Waals surface area contributed by atoms with Gasteiger partial charge >= 0.3 is 0 Å². The second-order valence-corrected chi connectivity index (χ2v) is 5.09. The van der Waals surface area contributed by atoms with Gasteiger partial charge in [-0.2, -0.15) is 0 Å². The first kappa shape index (κ1) is 13.7. The molecule has 0 saturated carbocycles. The molecule has 2 aromatic carbocycles. The molecule has 0 fully saturated rings. The van der Waals surface area contributed by atoms with Gasteiger partial charge in [0, 0.05) is 12.1 Å². The number of nitrogens with one attached hydrogen (secondary N) is 1. The monoisotopic (exact) mass is 281 g/mol. The number of hydrogen-bond acceptors (Lipinski definition) is 3. The van der Waals surface area contributed by atoms with Crippen LogP contribution in [-0.2, 0) is 6.54 Å².